The molecule has 0 amide bonds. The van der Waals surface area contributed by atoms with Crippen LogP contribution in [0.4, 0.5) is 5.69 Å². The molecule has 0 radical (unpaired) electrons. The van der Waals surface area contributed by atoms with Gasteiger partial charge < -0.3 is 19.5 Å². The standard InChI is InChI=1S/C19H25NO3/c1-3-21-12-13-23-19-7-5-6-17(14-19)20-15-16-8-10-18(11-9-16)22-4-2/h5-11,14,20H,3-4,12-13,15H2,1-2H3. The maximum atomic E-state index is 5.66. The molecule has 0 fully saturated rings. The Bertz CT molecular complexity index is 569. The van der Waals surface area contributed by atoms with Gasteiger partial charge in [0.25, 0.3) is 0 Å². The lowest BCUT2D eigenvalue weighted by atomic mass is 10.2. The Balaban J connectivity index is 1.82. The number of ether oxygens (including phenoxy) is 3. The lowest BCUT2D eigenvalue weighted by Crippen LogP contribution is -2.06. The first-order chi connectivity index (χ1) is 11.3. The molecule has 2 aromatic carbocycles. The van der Waals surface area contributed by atoms with E-state index in [1.807, 2.05) is 50.2 Å². The van der Waals surface area contributed by atoms with Crippen molar-refractivity contribution in [2.75, 3.05) is 31.7 Å². The monoisotopic (exact) mass is 315 g/mol. The van der Waals surface area contributed by atoms with E-state index in [1.54, 1.807) is 0 Å². The van der Waals surface area contributed by atoms with E-state index in [4.69, 9.17) is 14.2 Å². The highest BCUT2D eigenvalue weighted by Gasteiger charge is 1.99. The zero-order chi connectivity index (χ0) is 16.3. The Morgan fingerprint density at radius 3 is 2.39 bits per heavy atom. The first kappa shape index (κ1) is 17.2. The van der Waals surface area contributed by atoms with E-state index >= 15 is 0 Å². The van der Waals surface area contributed by atoms with Gasteiger partial charge in [0.15, 0.2) is 0 Å². The van der Waals surface area contributed by atoms with E-state index in [2.05, 4.69) is 17.4 Å². The molecule has 0 heterocycles. The van der Waals surface area contributed by atoms with Gasteiger partial charge in [0.05, 0.1) is 13.2 Å². The van der Waals surface area contributed by atoms with Gasteiger partial charge in [0.2, 0.25) is 0 Å². The van der Waals surface area contributed by atoms with Crippen LogP contribution in [0.1, 0.15) is 19.4 Å². The minimum absolute atomic E-state index is 0.566. The highest BCUT2D eigenvalue weighted by molar-refractivity contribution is 5.48. The molecule has 0 aliphatic heterocycles. The molecule has 0 aliphatic carbocycles. The van der Waals surface area contributed by atoms with E-state index < -0.39 is 0 Å². The Labute approximate surface area is 138 Å². The average molecular weight is 315 g/mol. The molecule has 23 heavy (non-hydrogen) atoms. The summed E-state index contributed by atoms with van der Waals surface area (Å²) >= 11 is 0. The maximum absolute atomic E-state index is 5.66. The van der Waals surface area contributed by atoms with Crippen molar-refractivity contribution in [1.29, 1.82) is 0 Å². The summed E-state index contributed by atoms with van der Waals surface area (Å²) in [6, 6.07) is 16.1. The summed E-state index contributed by atoms with van der Waals surface area (Å²) in [6.45, 7) is 7.30. The summed E-state index contributed by atoms with van der Waals surface area (Å²) in [5.74, 6) is 1.75. The predicted molar refractivity (Wildman–Crippen MR) is 93.4 cm³/mol. The fourth-order valence-electron chi connectivity index (χ4n) is 2.13. The molecule has 0 aliphatic rings. The summed E-state index contributed by atoms with van der Waals surface area (Å²) in [6.07, 6.45) is 0. The molecule has 0 unspecified atom stereocenters. The largest absolute Gasteiger partial charge is 0.494 e. The van der Waals surface area contributed by atoms with Crippen LogP contribution in [0.5, 0.6) is 11.5 Å². The molecule has 0 saturated carbocycles. The topological polar surface area (TPSA) is 39.7 Å². The van der Waals surface area contributed by atoms with Crippen molar-refractivity contribution in [2.45, 2.75) is 20.4 Å². The van der Waals surface area contributed by atoms with Crippen LogP contribution in [-0.2, 0) is 11.3 Å². The van der Waals surface area contributed by atoms with E-state index in [-0.39, 0.29) is 0 Å². The van der Waals surface area contributed by atoms with Gasteiger partial charge in [-0.1, -0.05) is 18.2 Å². The molecule has 2 aromatic rings. The molecule has 0 bridgehead atoms. The van der Waals surface area contributed by atoms with Gasteiger partial charge in [-0.2, -0.15) is 0 Å². The lowest BCUT2D eigenvalue weighted by Gasteiger charge is -2.10. The summed E-state index contributed by atoms with van der Waals surface area (Å²) in [5, 5.41) is 3.40. The molecule has 4 heteroatoms. The first-order valence-electron chi connectivity index (χ1n) is 8.08. The molecule has 4 nitrogen and oxygen atoms in total. The minimum atomic E-state index is 0.566. The van der Waals surface area contributed by atoms with Crippen LogP contribution < -0.4 is 14.8 Å². The quantitative estimate of drug-likeness (QED) is 0.670. The summed E-state index contributed by atoms with van der Waals surface area (Å²) < 4.78 is 16.4. The van der Waals surface area contributed by atoms with Crippen molar-refractivity contribution < 1.29 is 14.2 Å². The minimum Gasteiger partial charge on any atom is -0.494 e. The van der Waals surface area contributed by atoms with Crippen LogP contribution in [0.25, 0.3) is 0 Å². The van der Waals surface area contributed by atoms with Crippen LogP contribution in [-0.4, -0.2) is 26.4 Å². The van der Waals surface area contributed by atoms with Crippen LogP contribution in [0.3, 0.4) is 0 Å². The van der Waals surface area contributed by atoms with Crippen molar-refractivity contribution in [1.82, 2.24) is 0 Å². The molecule has 1 N–H and O–H groups in total. The predicted octanol–water partition coefficient (Wildman–Crippen LogP) is 4.11. The van der Waals surface area contributed by atoms with Gasteiger partial charge in [0.1, 0.15) is 18.1 Å². The number of nitrogens with one attached hydrogen (secondary N) is 1. The smallest absolute Gasteiger partial charge is 0.121 e. The van der Waals surface area contributed by atoms with E-state index in [0.717, 1.165) is 23.7 Å². The Morgan fingerprint density at radius 2 is 1.65 bits per heavy atom. The Morgan fingerprint density at radius 1 is 0.826 bits per heavy atom. The van der Waals surface area contributed by atoms with Crippen molar-refractivity contribution >= 4 is 5.69 Å². The molecular formula is C19H25NO3. The third-order valence-electron chi connectivity index (χ3n) is 3.27. The van der Waals surface area contributed by atoms with Crippen LogP contribution in [0.15, 0.2) is 48.5 Å². The maximum Gasteiger partial charge on any atom is 0.121 e. The number of anilines is 1. The Kier molecular flexibility index (Phi) is 7.27. The summed E-state index contributed by atoms with van der Waals surface area (Å²) in [4.78, 5) is 0. The molecule has 0 spiro atoms. The SMILES string of the molecule is CCOCCOc1cccc(NCc2ccc(OCC)cc2)c1. The summed E-state index contributed by atoms with van der Waals surface area (Å²) in [7, 11) is 0. The average Bonchev–Trinajstić information content (AvgIpc) is 2.59. The first-order valence-corrected chi connectivity index (χ1v) is 8.08. The highest BCUT2D eigenvalue weighted by Crippen LogP contribution is 2.19. The van der Waals surface area contributed by atoms with Crippen molar-refractivity contribution in [3.63, 3.8) is 0 Å². The van der Waals surface area contributed by atoms with Gasteiger partial charge in [-0.05, 0) is 43.7 Å². The van der Waals surface area contributed by atoms with Crippen LogP contribution >= 0.6 is 0 Å². The lowest BCUT2D eigenvalue weighted by molar-refractivity contribution is 0.110. The van der Waals surface area contributed by atoms with Gasteiger partial charge in [-0.15, -0.1) is 0 Å². The van der Waals surface area contributed by atoms with Gasteiger partial charge in [-0.25, -0.2) is 0 Å². The zero-order valence-corrected chi connectivity index (χ0v) is 13.9. The molecule has 2 rings (SSSR count). The fraction of sp³-hybridized carbons (Fsp3) is 0.368. The summed E-state index contributed by atoms with van der Waals surface area (Å²) in [5.41, 5.74) is 2.24. The third kappa shape index (κ3) is 6.20. The van der Waals surface area contributed by atoms with Crippen LogP contribution in [0, 0.1) is 0 Å². The van der Waals surface area contributed by atoms with Gasteiger partial charge >= 0.3 is 0 Å². The molecule has 0 atom stereocenters. The highest BCUT2D eigenvalue weighted by atomic mass is 16.5. The van der Waals surface area contributed by atoms with Crippen molar-refractivity contribution in [3.05, 3.63) is 54.1 Å². The normalized spacial score (nSPS) is 10.3. The second-order valence-corrected chi connectivity index (χ2v) is 5.00. The van der Waals surface area contributed by atoms with Crippen LogP contribution in [0.2, 0.25) is 0 Å². The number of benzene rings is 2. The van der Waals surface area contributed by atoms with E-state index in [9.17, 15) is 0 Å². The number of hydrogen-bond donors (Lipinski definition) is 1. The molecule has 0 saturated heterocycles. The second-order valence-electron chi connectivity index (χ2n) is 5.00. The van der Waals surface area contributed by atoms with E-state index in [0.29, 0.717) is 26.4 Å². The third-order valence-corrected chi connectivity index (χ3v) is 3.27. The fourth-order valence-corrected chi connectivity index (χ4v) is 2.13. The van der Waals surface area contributed by atoms with Gasteiger partial charge in [-0.3, -0.25) is 0 Å². The molecule has 124 valence electrons. The number of hydrogen-bond acceptors (Lipinski definition) is 4. The zero-order valence-electron chi connectivity index (χ0n) is 13.9. The molecule has 0 aromatic heterocycles. The second kappa shape index (κ2) is 9.74. The van der Waals surface area contributed by atoms with Crippen molar-refractivity contribution in [2.24, 2.45) is 0 Å². The number of rotatable bonds is 10. The van der Waals surface area contributed by atoms with Gasteiger partial charge in [0, 0.05) is 24.9 Å². The Hall–Kier alpha value is -2.20. The van der Waals surface area contributed by atoms with Crippen molar-refractivity contribution in [3.8, 4) is 11.5 Å². The molecular weight excluding hydrogens is 290 g/mol. The van der Waals surface area contributed by atoms with E-state index in [1.165, 1.54) is 5.56 Å².